The number of nitrogens with zero attached hydrogens (tertiary/aromatic N) is 4. The molecule has 0 unspecified atom stereocenters. The number of halogens is 7. The van der Waals surface area contributed by atoms with Crippen molar-refractivity contribution in [2.75, 3.05) is 79.3 Å². The van der Waals surface area contributed by atoms with E-state index >= 15 is 0 Å². The van der Waals surface area contributed by atoms with E-state index in [1.54, 1.807) is 48.5 Å². The molecule has 1 radical (unpaired) electrons. The molecule has 0 amide bonds. The van der Waals surface area contributed by atoms with Gasteiger partial charge in [-0.3, -0.25) is 0 Å². The molecule has 4 aromatic rings. The first-order valence-electron chi connectivity index (χ1n) is 16.7. The molecular formula is C35H47Cl4F3N5O13Ru2S. The van der Waals surface area contributed by atoms with E-state index in [1.807, 2.05) is 0 Å². The molecule has 4 aromatic heterocycles. The molecular weight excluding hydrogens is 1130 g/mol. The van der Waals surface area contributed by atoms with Crippen molar-refractivity contribution in [1.82, 2.24) is 26.1 Å². The predicted octanol–water partition coefficient (Wildman–Crippen LogP) is 6.87. The van der Waals surface area contributed by atoms with Gasteiger partial charge in [0.25, 0.3) is 0 Å². The van der Waals surface area contributed by atoms with E-state index in [0.717, 1.165) is 0 Å². The van der Waals surface area contributed by atoms with Gasteiger partial charge in [0.05, 0.1) is 79.3 Å². The summed E-state index contributed by atoms with van der Waals surface area (Å²) in [5.41, 5.74) is -5.65. The van der Waals surface area contributed by atoms with Gasteiger partial charge in [0, 0.05) is 43.7 Å². The average molecular weight is 1180 g/mol. The van der Waals surface area contributed by atoms with Crippen LogP contribution in [0.15, 0.2) is 86.0 Å². The standard InChI is InChI=1S/C12H24O6.4C5H4ClNO.C2H4.CHF3O3S.H3N.2Ru/c1-2-14-5-6-16-9-10-18-12-11-17-8-7-15-4-3-13-1;4*6-4-2-1-3-5(8)7-4;1-2;2-1(3,4)8(5,6)7;;;/h1-12H2;4*1-3H,(H,7,8);1-2H2;(H,5,6,7);1H3;;/q;;;;;;;;;+1/p-1. The number of aromatic hydroxyl groups is 4. The molecule has 63 heavy (non-hydrogen) atoms. The van der Waals surface area contributed by atoms with Gasteiger partial charge in [-0.05, 0) is 24.3 Å². The maximum absolute atomic E-state index is 10.7. The Morgan fingerprint density at radius 1 is 0.492 bits per heavy atom. The van der Waals surface area contributed by atoms with Crippen LogP contribution < -0.4 is 6.15 Å². The number of aromatic nitrogens is 4. The Morgan fingerprint density at radius 3 is 0.714 bits per heavy atom. The summed E-state index contributed by atoms with van der Waals surface area (Å²) >= 11 is 21.5. The third-order valence-corrected chi connectivity index (χ3v) is 6.73. The summed E-state index contributed by atoms with van der Waals surface area (Å²) in [7, 11) is -6.09. The third kappa shape index (κ3) is 47.2. The molecule has 0 spiro atoms. The van der Waals surface area contributed by atoms with E-state index in [4.69, 9.17) is 108 Å². The molecule has 28 heteroatoms. The van der Waals surface area contributed by atoms with E-state index in [1.165, 1.54) is 24.3 Å². The number of hydrogen-bond acceptors (Lipinski definition) is 18. The average Bonchev–Trinajstić information content (AvgIpc) is 3.16. The van der Waals surface area contributed by atoms with Gasteiger partial charge < -0.3 is 59.6 Å². The minimum absolute atomic E-state index is 0. The quantitative estimate of drug-likeness (QED) is 0.0395. The van der Waals surface area contributed by atoms with Crippen molar-refractivity contribution in [2.24, 2.45) is 0 Å². The van der Waals surface area contributed by atoms with Crippen LogP contribution in [0.25, 0.3) is 0 Å². The van der Waals surface area contributed by atoms with Crippen molar-refractivity contribution in [2.45, 2.75) is 5.51 Å². The summed E-state index contributed by atoms with van der Waals surface area (Å²) in [6.07, 6.45) is 0. The zero-order valence-electron chi connectivity index (χ0n) is 33.0. The van der Waals surface area contributed by atoms with Gasteiger partial charge in [-0.2, -0.15) is 13.2 Å². The first-order chi connectivity index (χ1) is 28.4. The van der Waals surface area contributed by atoms with Gasteiger partial charge in [0.1, 0.15) is 20.6 Å². The van der Waals surface area contributed by atoms with Gasteiger partial charge >= 0.3 is 25.0 Å². The summed E-state index contributed by atoms with van der Waals surface area (Å²) in [6.45, 7) is 13.0. The number of alkyl halides is 3. The summed E-state index contributed by atoms with van der Waals surface area (Å²) in [6, 6.07) is 18.8. The molecule has 1 saturated heterocycles. The molecule has 361 valence electrons. The Labute approximate surface area is 408 Å². The Hall–Kier alpha value is -2.63. The number of pyridine rings is 4. The van der Waals surface area contributed by atoms with Gasteiger partial charge in [0.15, 0.2) is 10.1 Å². The van der Waals surface area contributed by atoms with Crippen LogP contribution in [0.2, 0.25) is 20.6 Å². The monoisotopic (exact) mass is 1180 g/mol. The summed E-state index contributed by atoms with van der Waals surface area (Å²) in [5.74, 6) is -0.176. The second-order valence-corrected chi connectivity index (χ2v) is 12.8. The molecule has 18 nitrogen and oxygen atoms in total. The molecule has 1 aliphatic heterocycles. The van der Waals surface area contributed by atoms with E-state index < -0.39 is 15.6 Å². The first kappa shape index (κ1) is 69.4. The topological polar surface area (TPSA) is 280 Å². The van der Waals surface area contributed by atoms with Gasteiger partial charge in [-0.15, -0.1) is 13.2 Å². The van der Waals surface area contributed by atoms with E-state index in [2.05, 4.69) is 33.1 Å². The van der Waals surface area contributed by atoms with Crippen LogP contribution in [-0.2, 0) is 77.5 Å². The number of hydrogen-bond donors (Lipinski definition) is 5. The SMILES string of the molecule is C1COCCOCCOCCOCCOCCO1.C=C.N.O=S(=O)([O-])C(F)(F)F.Oc1cccc(Cl)n1.Oc1cccc(Cl)n1.Oc1cccc(Cl)n1.Oc1cccc(Cl)n1.[Ru+].[Ru]. The molecule has 1 fully saturated rings. The fraction of sp³-hybridized carbons (Fsp3) is 0.371. The largest absolute Gasteiger partial charge is 1.00 e. The van der Waals surface area contributed by atoms with Gasteiger partial charge in [-0.25, -0.2) is 28.4 Å². The molecule has 0 aromatic carbocycles. The van der Waals surface area contributed by atoms with Crippen molar-refractivity contribution in [3.63, 3.8) is 0 Å². The molecule has 0 saturated carbocycles. The minimum Gasteiger partial charge on any atom is -0.741 e. The van der Waals surface area contributed by atoms with Crippen molar-refractivity contribution in [3.8, 4) is 23.5 Å². The predicted molar refractivity (Wildman–Crippen MR) is 221 cm³/mol. The van der Waals surface area contributed by atoms with Gasteiger partial charge in [-0.1, -0.05) is 70.7 Å². The fourth-order valence-corrected chi connectivity index (χ4v) is 3.55. The maximum atomic E-state index is 10.7. The Bertz CT molecular complexity index is 1480. The van der Waals surface area contributed by atoms with Gasteiger partial charge in [0.2, 0.25) is 23.5 Å². The Kier molecular flexibility index (Phi) is 49.1. The van der Waals surface area contributed by atoms with Crippen molar-refractivity contribution < 1.29 is 114 Å². The molecule has 5 heterocycles. The number of ether oxygens (including phenoxy) is 6. The molecule has 5 rings (SSSR count). The molecule has 1 aliphatic rings. The Morgan fingerprint density at radius 2 is 0.635 bits per heavy atom. The normalized spacial score (nSPS) is 13.3. The maximum Gasteiger partial charge on any atom is 1.00 e. The summed E-state index contributed by atoms with van der Waals surface area (Å²) in [5, 5.41) is 35.7. The zero-order valence-corrected chi connectivity index (χ0v) is 40.4. The molecule has 0 aliphatic carbocycles. The van der Waals surface area contributed by atoms with Crippen LogP contribution in [0.4, 0.5) is 13.2 Å². The third-order valence-electron chi connectivity index (χ3n) is 5.32. The summed E-state index contributed by atoms with van der Waals surface area (Å²) in [4.78, 5) is 14.0. The van der Waals surface area contributed by atoms with Crippen LogP contribution >= 0.6 is 46.4 Å². The van der Waals surface area contributed by atoms with E-state index in [9.17, 15) is 13.2 Å². The molecule has 0 bridgehead atoms. The molecule has 0 atom stereocenters. The van der Waals surface area contributed by atoms with Crippen LogP contribution in [0, 0.1) is 0 Å². The zero-order chi connectivity index (χ0) is 45.7. The van der Waals surface area contributed by atoms with E-state index in [-0.39, 0.29) is 68.6 Å². The second-order valence-electron chi connectivity index (χ2n) is 9.85. The second kappa shape index (κ2) is 44.6. The van der Waals surface area contributed by atoms with Crippen molar-refractivity contribution >= 4 is 56.5 Å². The van der Waals surface area contributed by atoms with Crippen molar-refractivity contribution in [1.29, 1.82) is 0 Å². The van der Waals surface area contributed by atoms with Crippen LogP contribution in [-0.4, -0.2) is 138 Å². The van der Waals surface area contributed by atoms with E-state index in [0.29, 0.717) is 99.9 Å². The van der Waals surface area contributed by atoms with Crippen LogP contribution in [0.5, 0.6) is 23.5 Å². The Balaban J connectivity index is -0.000000218. The smallest absolute Gasteiger partial charge is 0.741 e. The fourth-order valence-electron chi connectivity index (χ4n) is 2.91. The molecule has 7 N–H and O–H groups in total. The first-order valence-corrected chi connectivity index (χ1v) is 19.6. The summed E-state index contributed by atoms with van der Waals surface area (Å²) < 4.78 is 90.9. The van der Waals surface area contributed by atoms with Crippen LogP contribution in [0.3, 0.4) is 0 Å². The van der Waals surface area contributed by atoms with Crippen LogP contribution in [0.1, 0.15) is 0 Å². The van der Waals surface area contributed by atoms with Crippen molar-refractivity contribution in [3.05, 3.63) is 107 Å². The number of rotatable bonds is 0. The minimum atomic E-state index is -6.09.